The van der Waals surface area contributed by atoms with Crippen LogP contribution in [0.4, 0.5) is 0 Å². The fourth-order valence-corrected chi connectivity index (χ4v) is 2.19. The lowest BCUT2D eigenvalue weighted by Gasteiger charge is -2.23. The second-order valence-corrected chi connectivity index (χ2v) is 5.48. The Morgan fingerprint density at radius 3 is 2.50 bits per heavy atom. The minimum atomic E-state index is 0.196. The number of nitrogens with zero attached hydrogens (tertiary/aromatic N) is 1. The number of amides is 1. The van der Waals surface area contributed by atoms with E-state index < -0.39 is 0 Å². The summed E-state index contributed by atoms with van der Waals surface area (Å²) >= 11 is 5.89. The highest BCUT2D eigenvalue weighted by molar-refractivity contribution is 6.30. The van der Waals surface area contributed by atoms with E-state index in [1.54, 1.807) is 0 Å². The normalized spacial score (nSPS) is 10.6. The zero-order chi connectivity index (χ0) is 14.8. The lowest BCUT2D eigenvalue weighted by molar-refractivity contribution is -0.132. The van der Waals surface area contributed by atoms with Crippen LogP contribution < -0.4 is 5.73 Å². The number of unbranched alkanes of at least 4 members (excludes halogenated alkanes) is 2. The molecule has 0 aliphatic rings. The van der Waals surface area contributed by atoms with Gasteiger partial charge in [0, 0.05) is 24.5 Å². The Hall–Kier alpha value is -1.06. The summed E-state index contributed by atoms with van der Waals surface area (Å²) in [6, 6.07) is 7.69. The van der Waals surface area contributed by atoms with Crippen molar-refractivity contribution in [2.75, 3.05) is 13.1 Å². The van der Waals surface area contributed by atoms with Crippen LogP contribution in [0.15, 0.2) is 24.3 Å². The van der Waals surface area contributed by atoms with E-state index in [-0.39, 0.29) is 5.91 Å². The quantitative estimate of drug-likeness (QED) is 0.708. The summed E-state index contributed by atoms with van der Waals surface area (Å²) < 4.78 is 0. The smallest absolute Gasteiger partial charge is 0.222 e. The fraction of sp³-hybridized carbons (Fsp3) is 0.562. The molecule has 1 aromatic carbocycles. The van der Waals surface area contributed by atoms with Gasteiger partial charge in [0.25, 0.3) is 0 Å². The molecule has 1 aromatic rings. The first-order valence-corrected chi connectivity index (χ1v) is 7.77. The number of nitrogens with two attached hydrogens (primary N) is 1. The highest BCUT2D eigenvalue weighted by Crippen LogP contribution is 2.13. The summed E-state index contributed by atoms with van der Waals surface area (Å²) in [7, 11) is 0. The number of hydrogen-bond acceptors (Lipinski definition) is 2. The van der Waals surface area contributed by atoms with Gasteiger partial charge in [-0.25, -0.2) is 0 Å². The van der Waals surface area contributed by atoms with Crippen LogP contribution in [-0.2, 0) is 11.3 Å². The van der Waals surface area contributed by atoms with E-state index in [0.717, 1.165) is 42.8 Å². The van der Waals surface area contributed by atoms with Gasteiger partial charge in [-0.3, -0.25) is 4.79 Å². The summed E-state index contributed by atoms with van der Waals surface area (Å²) in [4.78, 5) is 14.2. The number of rotatable bonds is 9. The molecular formula is C16H25ClN2O. The van der Waals surface area contributed by atoms with E-state index in [9.17, 15) is 4.79 Å². The molecule has 0 saturated heterocycles. The third-order valence-corrected chi connectivity index (χ3v) is 3.52. The SMILES string of the molecule is CCCCCN(Cc1ccc(Cl)cc1)C(=O)CCCN. The molecule has 3 nitrogen and oxygen atoms in total. The Morgan fingerprint density at radius 1 is 1.20 bits per heavy atom. The Bertz CT molecular complexity index is 392. The van der Waals surface area contributed by atoms with Crippen molar-refractivity contribution in [1.82, 2.24) is 4.90 Å². The second kappa shape index (κ2) is 9.78. The maximum atomic E-state index is 12.2. The van der Waals surface area contributed by atoms with E-state index >= 15 is 0 Å². The van der Waals surface area contributed by atoms with Gasteiger partial charge in [0.2, 0.25) is 5.91 Å². The molecule has 0 aliphatic heterocycles. The van der Waals surface area contributed by atoms with E-state index in [4.69, 9.17) is 17.3 Å². The van der Waals surface area contributed by atoms with Crippen molar-refractivity contribution in [3.05, 3.63) is 34.9 Å². The van der Waals surface area contributed by atoms with Crippen LogP contribution in [-0.4, -0.2) is 23.9 Å². The largest absolute Gasteiger partial charge is 0.338 e. The van der Waals surface area contributed by atoms with Crippen LogP contribution in [0.2, 0.25) is 5.02 Å². The van der Waals surface area contributed by atoms with E-state index in [0.29, 0.717) is 19.5 Å². The first-order chi connectivity index (χ1) is 9.67. The molecule has 0 bridgehead atoms. The maximum Gasteiger partial charge on any atom is 0.222 e. The lowest BCUT2D eigenvalue weighted by Crippen LogP contribution is -2.31. The molecule has 0 spiro atoms. The summed E-state index contributed by atoms with van der Waals surface area (Å²) in [5.41, 5.74) is 6.60. The summed E-state index contributed by atoms with van der Waals surface area (Å²) in [6.07, 6.45) is 4.66. The number of hydrogen-bond donors (Lipinski definition) is 1. The molecular weight excluding hydrogens is 272 g/mol. The van der Waals surface area contributed by atoms with Gasteiger partial charge in [0.05, 0.1) is 0 Å². The number of carbonyl (C=O) groups excluding carboxylic acids is 1. The van der Waals surface area contributed by atoms with Crippen molar-refractivity contribution in [3.63, 3.8) is 0 Å². The second-order valence-electron chi connectivity index (χ2n) is 5.04. The van der Waals surface area contributed by atoms with Crippen molar-refractivity contribution < 1.29 is 4.79 Å². The lowest BCUT2D eigenvalue weighted by atomic mass is 10.1. The molecule has 20 heavy (non-hydrogen) atoms. The predicted octanol–water partition coefficient (Wildman–Crippen LogP) is 3.60. The average Bonchev–Trinajstić information content (AvgIpc) is 2.46. The standard InChI is InChI=1S/C16H25ClN2O/c1-2-3-4-12-19(16(20)6-5-11-18)13-14-7-9-15(17)10-8-14/h7-10H,2-6,11-13,18H2,1H3. The van der Waals surface area contributed by atoms with Crippen molar-refractivity contribution >= 4 is 17.5 Å². The highest BCUT2D eigenvalue weighted by atomic mass is 35.5. The Labute approximate surface area is 127 Å². The molecule has 0 unspecified atom stereocenters. The van der Waals surface area contributed by atoms with Crippen LogP contribution in [0.3, 0.4) is 0 Å². The number of benzene rings is 1. The van der Waals surface area contributed by atoms with Gasteiger partial charge in [-0.1, -0.05) is 43.5 Å². The molecule has 0 aliphatic carbocycles. The van der Waals surface area contributed by atoms with Crippen LogP contribution in [0.1, 0.15) is 44.6 Å². The van der Waals surface area contributed by atoms with Crippen molar-refractivity contribution in [3.8, 4) is 0 Å². The van der Waals surface area contributed by atoms with Gasteiger partial charge in [-0.15, -0.1) is 0 Å². The van der Waals surface area contributed by atoms with Gasteiger partial charge in [-0.05, 0) is 37.1 Å². The predicted molar refractivity (Wildman–Crippen MR) is 84.7 cm³/mol. The minimum absolute atomic E-state index is 0.196. The molecule has 4 heteroatoms. The van der Waals surface area contributed by atoms with Gasteiger partial charge < -0.3 is 10.6 Å². The van der Waals surface area contributed by atoms with Crippen LogP contribution in [0, 0.1) is 0 Å². The van der Waals surface area contributed by atoms with Gasteiger partial charge >= 0.3 is 0 Å². The van der Waals surface area contributed by atoms with Crippen LogP contribution >= 0.6 is 11.6 Å². The van der Waals surface area contributed by atoms with Gasteiger partial charge in [-0.2, -0.15) is 0 Å². The molecule has 0 saturated carbocycles. The molecule has 112 valence electrons. The topological polar surface area (TPSA) is 46.3 Å². The first-order valence-electron chi connectivity index (χ1n) is 7.39. The molecule has 2 N–H and O–H groups in total. The third kappa shape index (κ3) is 6.40. The fourth-order valence-electron chi connectivity index (χ4n) is 2.07. The first kappa shape index (κ1) is 17.0. The van der Waals surface area contributed by atoms with E-state index in [1.165, 1.54) is 0 Å². The Balaban J connectivity index is 2.60. The van der Waals surface area contributed by atoms with Gasteiger partial charge in [0.15, 0.2) is 0 Å². The van der Waals surface area contributed by atoms with Crippen molar-refractivity contribution in [1.29, 1.82) is 0 Å². The van der Waals surface area contributed by atoms with Crippen molar-refractivity contribution in [2.45, 2.75) is 45.6 Å². The zero-order valence-electron chi connectivity index (χ0n) is 12.3. The number of carbonyl (C=O) groups is 1. The Morgan fingerprint density at radius 2 is 1.90 bits per heavy atom. The monoisotopic (exact) mass is 296 g/mol. The molecule has 0 radical (unpaired) electrons. The van der Waals surface area contributed by atoms with Crippen molar-refractivity contribution in [2.24, 2.45) is 5.73 Å². The maximum absolute atomic E-state index is 12.2. The van der Waals surface area contributed by atoms with Crippen LogP contribution in [0.5, 0.6) is 0 Å². The highest BCUT2D eigenvalue weighted by Gasteiger charge is 2.13. The third-order valence-electron chi connectivity index (χ3n) is 3.27. The zero-order valence-corrected chi connectivity index (χ0v) is 13.0. The van der Waals surface area contributed by atoms with Gasteiger partial charge in [0.1, 0.15) is 0 Å². The molecule has 1 rings (SSSR count). The minimum Gasteiger partial charge on any atom is -0.338 e. The van der Waals surface area contributed by atoms with E-state index in [2.05, 4.69) is 6.92 Å². The molecule has 0 atom stereocenters. The average molecular weight is 297 g/mol. The Kier molecular flexibility index (Phi) is 8.31. The number of halogens is 1. The summed E-state index contributed by atoms with van der Waals surface area (Å²) in [6.45, 7) is 4.21. The molecule has 0 fully saturated rings. The molecule has 0 aromatic heterocycles. The van der Waals surface area contributed by atoms with Crippen LogP contribution in [0.25, 0.3) is 0 Å². The molecule has 1 amide bonds. The summed E-state index contributed by atoms with van der Waals surface area (Å²) in [5.74, 6) is 0.196. The van der Waals surface area contributed by atoms with E-state index in [1.807, 2.05) is 29.2 Å². The molecule has 0 heterocycles. The summed E-state index contributed by atoms with van der Waals surface area (Å²) in [5, 5.41) is 0.723.